The first kappa shape index (κ1) is 9.03. The summed E-state index contributed by atoms with van der Waals surface area (Å²) >= 11 is 0. The summed E-state index contributed by atoms with van der Waals surface area (Å²) in [5.74, 6) is 0.537. The van der Waals surface area contributed by atoms with Gasteiger partial charge in [0.1, 0.15) is 0 Å². The van der Waals surface area contributed by atoms with Gasteiger partial charge in [0.25, 0.3) is 5.88 Å². The Morgan fingerprint density at radius 3 is 2.92 bits per heavy atom. The number of nitrogens with zero attached hydrogens (tertiary/aromatic N) is 2. The summed E-state index contributed by atoms with van der Waals surface area (Å²) in [6.07, 6.45) is 5.98. The van der Waals surface area contributed by atoms with Gasteiger partial charge in [-0.1, -0.05) is 20.3 Å². The fraction of sp³-hybridized carbons (Fsp3) is 0.750. The SMILES string of the molecule is CCCC(CC)Nc1[c]nno1. The van der Waals surface area contributed by atoms with Gasteiger partial charge in [0.05, 0.1) is 0 Å². The highest BCUT2D eigenvalue weighted by Crippen LogP contribution is 2.09. The molecule has 0 saturated heterocycles. The summed E-state index contributed by atoms with van der Waals surface area (Å²) in [6.45, 7) is 4.30. The van der Waals surface area contributed by atoms with Crippen LogP contribution >= 0.6 is 0 Å². The zero-order valence-corrected chi connectivity index (χ0v) is 7.50. The summed E-state index contributed by atoms with van der Waals surface area (Å²) in [6, 6.07) is 0.445. The number of hydrogen-bond acceptors (Lipinski definition) is 4. The number of rotatable bonds is 5. The van der Waals surface area contributed by atoms with Crippen LogP contribution in [0.15, 0.2) is 4.52 Å². The molecule has 1 N–H and O–H groups in total. The molecule has 1 rings (SSSR count). The lowest BCUT2D eigenvalue weighted by Gasteiger charge is -2.13. The minimum absolute atomic E-state index is 0.445. The van der Waals surface area contributed by atoms with Crippen molar-refractivity contribution in [2.45, 2.75) is 39.2 Å². The largest absolute Gasteiger partial charge is 0.349 e. The monoisotopic (exact) mass is 168 g/mol. The Kier molecular flexibility index (Phi) is 3.57. The van der Waals surface area contributed by atoms with Crippen molar-refractivity contribution in [3.05, 3.63) is 6.20 Å². The Labute approximate surface area is 72.3 Å². The molecule has 0 saturated carbocycles. The van der Waals surface area contributed by atoms with Crippen molar-refractivity contribution in [1.29, 1.82) is 0 Å². The predicted molar refractivity (Wildman–Crippen MR) is 45.7 cm³/mol. The molecule has 0 aliphatic rings. The van der Waals surface area contributed by atoms with E-state index in [9.17, 15) is 0 Å². The Hall–Kier alpha value is -1.06. The van der Waals surface area contributed by atoms with Crippen molar-refractivity contribution in [2.24, 2.45) is 0 Å². The molecule has 1 aromatic heterocycles. The van der Waals surface area contributed by atoms with Crippen LogP contribution in [0.25, 0.3) is 0 Å². The van der Waals surface area contributed by atoms with Gasteiger partial charge in [-0.25, -0.2) is 0 Å². The zero-order chi connectivity index (χ0) is 8.81. The normalized spacial score (nSPS) is 12.8. The quantitative estimate of drug-likeness (QED) is 0.729. The van der Waals surface area contributed by atoms with Gasteiger partial charge in [0, 0.05) is 11.3 Å². The maximum Gasteiger partial charge on any atom is 0.255 e. The first-order valence-corrected chi connectivity index (χ1v) is 4.33. The van der Waals surface area contributed by atoms with E-state index in [0.29, 0.717) is 11.9 Å². The topological polar surface area (TPSA) is 51.0 Å². The van der Waals surface area contributed by atoms with Crippen molar-refractivity contribution in [3.63, 3.8) is 0 Å². The van der Waals surface area contributed by atoms with Crippen molar-refractivity contribution in [1.82, 2.24) is 10.4 Å². The predicted octanol–water partition coefficient (Wildman–Crippen LogP) is 1.86. The second kappa shape index (κ2) is 4.74. The minimum atomic E-state index is 0.445. The van der Waals surface area contributed by atoms with E-state index < -0.39 is 0 Å². The maximum absolute atomic E-state index is 4.78. The molecule has 0 bridgehead atoms. The molecule has 67 valence electrons. The van der Waals surface area contributed by atoms with Crippen molar-refractivity contribution < 1.29 is 4.52 Å². The van der Waals surface area contributed by atoms with Gasteiger partial charge in [-0.2, -0.15) is 0 Å². The van der Waals surface area contributed by atoms with Gasteiger partial charge >= 0.3 is 0 Å². The smallest absolute Gasteiger partial charge is 0.255 e. The van der Waals surface area contributed by atoms with Gasteiger partial charge in [0.15, 0.2) is 6.20 Å². The maximum atomic E-state index is 4.78. The molecule has 1 unspecified atom stereocenters. The fourth-order valence-corrected chi connectivity index (χ4v) is 1.12. The van der Waals surface area contributed by atoms with Crippen molar-refractivity contribution >= 4 is 5.88 Å². The molecule has 0 aliphatic heterocycles. The molecule has 4 nitrogen and oxygen atoms in total. The average molecular weight is 168 g/mol. The Bertz CT molecular complexity index is 198. The third-order valence-electron chi connectivity index (χ3n) is 1.79. The Morgan fingerprint density at radius 2 is 2.42 bits per heavy atom. The fourth-order valence-electron chi connectivity index (χ4n) is 1.12. The third kappa shape index (κ3) is 2.53. The molecule has 12 heavy (non-hydrogen) atoms. The van der Waals surface area contributed by atoms with Crippen molar-refractivity contribution in [3.8, 4) is 0 Å². The van der Waals surface area contributed by atoms with Crippen LogP contribution in [-0.4, -0.2) is 16.4 Å². The molecule has 0 aliphatic carbocycles. The third-order valence-corrected chi connectivity index (χ3v) is 1.79. The van der Waals surface area contributed by atoms with Crippen LogP contribution in [-0.2, 0) is 0 Å². The van der Waals surface area contributed by atoms with Gasteiger partial charge in [-0.05, 0) is 12.8 Å². The molecule has 0 aromatic carbocycles. The van der Waals surface area contributed by atoms with E-state index in [1.54, 1.807) is 0 Å². The average Bonchev–Trinajstić information content (AvgIpc) is 2.56. The molecule has 1 atom stereocenters. The van der Waals surface area contributed by atoms with Crippen LogP contribution in [0.5, 0.6) is 0 Å². The van der Waals surface area contributed by atoms with E-state index in [4.69, 9.17) is 4.52 Å². The van der Waals surface area contributed by atoms with Gasteiger partial charge < -0.3 is 9.84 Å². The molecule has 0 fully saturated rings. The summed E-state index contributed by atoms with van der Waals surface area (Å²) < 4.78 is 4.78. The van der Waals surface area contributed by atoms with Crippen LogP contribution < -0.4 is 5.32 Å². The number of aromatic nitrogens is 2. The standard InChI is InChI=1S/C8H14N3O/c1-3-5-7(4-2)10-8-6-9-11-12-8/h7,10H,3-5H2,1-2H3. The van der Waals surface area contributed by atoms with E-state index >= 15 is 0 Å². The lowest BCUT2D eigenvalue weighted by atomic mass is 10.1. The summed E-state index contributed by atoms with van der Waals surface area (Å²) in [7, 11) is 0. The highest BCUT2D eigenvalue weighted by Gasteiger charge is 2.06. The van der Waals surface area contributed by atoms with Crippen molar-refractivity contribution in [2.75, 3.05) is 5.32 Å². The van der Waals surface area contributed by atoms with E-state index in [1.165, 1.54) is 0 Å². The lowest BCUT2D eigenvalue weighted by Crippen LogP contribution is -2.17. The number of anilines is 1. The molecule has 1 aromatic rings. The second-order valence-corrected chi connectivity index (χ2v) is 2.75. The Morgan fingerprint density at radius 1 is 1.58 bits per heavy atom. The second-order valence-electron chi connectivity index (χ2n) is 2.75. The van der Waals surface area contributed by atoms with Gasteiger partial charge in [-0.15, -0.1) is 5.10 Å². The van der Waals surface area contributed by atoms with E-state index in [-0.39, 0.29) is 0 Å². The van der Waals surface area contributed by atoms with Crippen LogP contribution in [0.2, 0.25) is 0 Å². The van der Waals surface area contributed by atoms with Crippen LogP contribution in [0, 0.1) is 6.20 Å². The Balaban J connectivity index is 2.37. The van der Waals surface area contributed by atoms with Crippen LogP contribution in [0.1, 0.15) is 33.1 Å². The highest BCUT2D eigenvalue weighted by molar-refractivity contribution is 5.24. The first-order valence-electron chi connectivity index (χ1n) is 4.33. The summed E-state index contributed by atoms with van der Waals surface area (Å²) in [5.41, 5.74) is 0. The molecular formula is C8H14N3O. The number of nitrogens with one attached hydrogen (secondary N) is 1. The van der Waals surface area contributed by atoms with Crippen LogP contribution in [0.3, 0.4) is 0 Å². The van der Waals surface area contributed by atoms with E-state index in [1.807, 2.05) is 0 Å². The molecule has 0 spiro atoms. The molecule has 0 amide bonds. The summed E-state index contributed by atoms with van der Waals surface area (Å²) in [5, 5.41) is 9.95. The first-order chi connectivity index (χ1) is 5.86. The number of hydrogen-bond donors (Lipinski definition) is 1. The molecule has 1 heterocycles. The highest BCUT2D eigenvalue weighted by atomic mass is 16.5. The zero-order valence-electron chi connectivity index (χ0n) is 7.50. The molecule has 4 heteroatoms. The van der Waals surface area contributed by atoms with Gasteiger partial charge in [-0.3, -0.25) is 0 Å². The van der Waals surface area contributed by atoms with Crippen LogP contribution in [0.4, 0.5) is 5.88 Å². The summed E-state index contributed by atoms with van der Waals surface area (Å²) in [4.78, 5) is 0. The lowest BCUT2D eigenvalue weighted by molar-refractivity contribution is 0.398. The van der Waals surface area contributed by atoms with E-state index in [2.05, 4.69) is 35.7 Å². The molecule has 1 radical (unpaired) electrons. The molecular weight excluding hydrogens is 154 g/mol. The van der Waals surface area contributed by atoms with E-state index in [0.717, 1.165) is 19.3 Å². The minimum Gasteiger partial charge on any atom is -0.349 e. The van der Waals surface area contributed by atoms with Gasteiger partial charge in [0.2, 0.25) is 0 Å².